The standard InChI is InChI=1S/C21H25N9O/c1-13(2)26-16-7-20(29-6-4-14-8-23-12-25-21(14)29)24-9-15(16)17-11-30(28-27-17)18-3-5-22-10-19(18)31/h4,6-9,11-13,18-19,22,31H,3,5,10H2,1-2H3,(H,24,26)/t18-,19+/m0/s1. The maximum absolute atomic E-state index is 10.3. The summed E-state index contributed by atoms with van der Waals surface area (Å²) >= 11 is 0. The highest BCUT2D eigenvalue weighted by Gasteiger charge is 2.26. The number of fused-ring (bicyclic) bond motifs is 1. The van der Waals surface area contributed by atoms with E-state index >= 15 is 0 Å². The van der Waals surface area contributed by atoms with E-state index in [1.54, 1.807) is 17.1 Å². The minimum atomic E-state index is -0.485. The van der Waals surface area contributed by atoms with Crippen LogP contribution in [0.1, 0.15) is 26.3 Å². The lowest BCUT2D eigenvalue weighted by Crippen LogP contribution is -2.41. The number of pyridine rings is 1. The molecule has 1 aliphatic rings. The van der Waals surface area contributed by atoms with E-state index in [1.807, 2.05) is 29.1 Å². The number of piperidine rings is 1. The van der Waals surface area contributed by atoms with E-state index in [0.29, 0.717) is 12.2 Å². The highest BCUT2D eigenvalue weighted by atomic mass is 16.3. The molecule has 3 N–H and O–H groups in total. The van der Waals surface area contributed by atoms with Crippen LogP contribution in [0.15, 0.2) is 43.2 Å². The maximum atomic E-state index is 10.3. The number of aliphatic hydroxyl groups excluding tert-OH is 1. The molecule has 4 aromatic heterocycles. The van der Waals surface area contributed by atoms with Crippen LogP contribution in [0.4, 0.5) is 5.69 Å². The Labute approximate surface area is 179 Å². The molecule has 31 heavy (non-hydrogen) atoms. The molecule has 0 spiro atoms. The Morgan fingerprint density at radius 2 is 2.16 bits per heavy atom. The molecule has 10 nitrogen and oxygen atoms in total. The Hall–Kier alpha value is -3.37. The van der Waals surface area contributed by atoms with E-state index in [-0.39, 0.29) is 12.1 Å². The Balaban J connectivity index is 1.53. The van der Waals surface area contributed by atoms with Gasteiger partial charge in [0.05, 0.1) is 18.3 Å². The van der Waals surface area contributed by atoms with Crippen LogP contribution in [0, 0.1) is 0 Å². The van der Waals surface area contributed by atoms with Crippen molar-refractivity contribution in [2.75, 3.05) is 18.4 Å². The zero-order valence-corrected chi connectivity index (χ0v) is 17.5. The first-order chi connectivity index (χ1) is 15.1. The SMILES string of the molecule is CC(C)Nc1cc(-n2ccc3cncnc32)ncc1-c1cn([C@H]2CCNC[C@H]2O)nn1. The van der Waals surface area contributed by atoms with Crippen LogP contribution in [0.3, 0.4) is 0 Å². The highest BCUT2D eigenvalue weighted by molar-refractivity contribution is 5.79. The number of nitrogens with one attached hydrogen (secondary N) is 2. The van der Waals surface area contributed by atoms with E-state index in [1.165, 1.54) is 6.33 Å². The molecule has 0 amide bonds. The second-order valence-corrected chi connectivity index (χ2v) is 8.09. The summed E-state index contributed by atoms with van der Waals surface area (Å²) in [4.78, 5) is 13.1. The summed E-state index contributed by atoms with van der Waals surface area (Å²) in [6.07, 6.45) is 9.28. The number of hydrogen-bond acceptors (Lipinski definition) is 8. The summed E-state index contributed by atoms with van der Waals surface area (Å²) < 4.78 is 3.71. The molecule has 1 fully saturated rings. The molecule has 4 aromatic rings. The van der Waals surface area contributed by atoms with Crippen LogP contribution in [0.25, 0.3) is 28.1 Å². The number of aliphatic hydroxyl groups is 1. The number of aromatic nitrogens is 7. The van der Waals surface area contributed by atoms with Crippen molar-refractivity contribution in [1.29, 1.82) is 0 Å². The molecule has 0 saturated carbocycles. The van der Waals surface area contributed by atoms with Crippen molar-refractivity contribution in [3.63, 3.8) is 0 Å². The summed E-state index contributed by atoms with van der Waals surface area (Å²) in [6.45, 7) is 5.58. The van der Waals surface area contributed by atoms with Crippen molar-refractivity contribution in [3.8, 4) is 17.1 Å². The van der Waals surface area contributed by atoms with E-state index in [9.17, 15) is 5.11 Å². The summed E-state index contributed by atoms with van der Waals surface area (Å²) in [5.41, 5.74) is 3.29. The van der Waals surface area contributed by atoms with Crippen LogP contribution in [-0.4, -0.2) is 64.9 Å². The smallest absolute Gasteiger partial charge is 0.149 e. The quantitative estimate of drug-likeness (QED) is 0.448. The lowest BCUT2D eigenvalue weighted by atomic mass is 10.0. The topological polar surface area (TPSA) is 119 Å². The third-order valence-electron chi connectivity index (χ3n) is 5.47. The van der Waals surface area contributed by atoms with Gasteiger partial charge in [0.25, 0.3) is 0 Å². The van der Waals surface area contributed by atoms with Gasteiger partial charge in [0, 0.05) is 53.9 Å². The molecule has 0 bridgehead atoms. The van der Waals surface area contributed by atoms with E-state index in [4.69, 9.17) is 0 Å². The van der Waals surface area contributed by atoms with Gasteiger partial charge in [-0.3, -0.25) is 4.57 Å². The average Bonchev–Trinajstić information content (AvgIpc) is 3.41. The van der Waals surface area contributed by atoms with Crippen LogP contribution < -0.4 is 10.6 Å². The Morgan fingerprint density at radius 3 is 3.00 bits per heavy atom. The van der Waals surface area contributed by atoms with Gasteiger partial charge in [0.2, 0.25) is 0 Å². The molecule has 1 saturated heterocycles. The molecule has 0 aliphatic carbocycles. The monoisotopic (exact) mass is 419 g/mol. The first kappa shape index (κ1) is 19.6. The van der Waals surface area contributed by atoms with E-state index in [0.717, 1.165) is 41.1 Å². The highest BCUT2D eigenvalue weighted by Crippen LogP contribution is 2.30. The summed E-state index contributed by atoms with van der Waals surface area (Å²) in [7, 11) is 0. The summed E-state index contributed by atoms with van der Waals surface area (Å²) in [5, 5.41) is 26.6. The fourth-order valence-electron chi connectivity index (χ4n) is 3.97. The molecule has 160 valence electrons. The van der Waals surface area contributed by atoms with Gasteiger partial charge in [0.1, 0.15) is 23.5 Å². The van der Waals surface area contributed by atoms with Gasteiger partial charge in [-0.25, -0.2) is 19.6 Å². The van der Waals surface area contributed by atoms with Gasteiger partial charge in [-0.2, -0.15) is 0 Å². The normalized spacial score (nSPS) is 19.2. The fourth-order valence-corrected chi connectivity index (χ4v) is 3.97. The molecular weight excluding hydrogens is 394 g/mol. The number of β-amino-alcohol motifs (C(OH)–C–C–N with tert-alkyl or cyclic N) is 1. The summed E-state index contributed by atoms with van der Waals surface area (Å²) in [6, 6.07) is 4.10. The molecule has 0 aromatic carbocycles. The Bertz CT molecular complexity index is 1200. The van der Waals surface area contributed by atoms with Gasteiger partial charge in [0.15, 0.2) is 0 Å². The van der Waals surface area contributed by atoms with E-state index in [2.05, 4.69) is 49.7 Å². The number of nitrogens with zero attached hydrogens (tertiary/aromatic N) is 7. The molecule has 0 radical (unpaired) electrons. The first-order valence-electron chi connectivity index (χ1n) is 10.4. The zero-order valence-electron chi connectivity index (χ0n) is 17.5. The van der Waals surface area contributed by atoms with Crippen molar-refractivity contribution in [2.45, 2.75) is 38.5 Å². The fraction of sp³-hybridized carbons (Fsp3) is 0.381. The van der Waals surface area contributed by atoms with Crippen molar-refractivity contribution < 1.29 is 5.11 Å². The van der Waals surface area contributed by atoms with Gasteiger partial charge in [-0.05, 0) is 32.9 Å². The van der Waals surface area contributed by atoms with Crippen molar-refractivity contribution in [1.82, 2.24) is 39.8 Å². The summed E-state index contributed by atoms with van der Waals surface area (Å²) in [5.74, 6) is 0.752. The van der Waals surface area contributed by atoms with Gasteiger partial charge in [-0.15, -0.1) is 5.10 Å². The first-order valence-corrected chi connectivity index (χ1v) is 10.4. The molecular formula is C21H25N9O. The second kappa shape index (κ2) is 8.05. The molecule has 1 aliphatic heterocycles. The third kappa shape index (κ3) is 3.75. The minimum absolute atomic E-state index is 0.0813. The second-order valence-electron chi connectivity index (χ2n) is 8.09. The number of rotatable bonds is 5. The lowest BCUT2D eigenvalue weighted by molar-refractivity contribution is 0.0800. The third-order valence-corrected chi connectivity index (χ3v) is 5.47. The van der Waals surface area contributed by atoms with Crippen LogP contribution in [0.2, 0.25) is 0 Å². The molecule has 5 rings (SSSR count). The predicted molar refractivity (Wildman–Crippen MR) is 117 cm³/mol. The Morgan fingerprint density at radius 1 is 1.26 bits per heavy atom. The maximum Gasteiger partial charge on any atom is 0.149 e. The molecule has 0 unspecified atom stereocenters. The van der Waals surface area contributed by atoms with Gasteiger partial charge in [-0.1, -0.05) is 5.21 Å². The van der Waals surface area contributed by atoms with Crippen molar-refractivity contribution >= 4 is 16.7 Å². The van der Waals surface area contributed by atoms with Crippen LogP contribution in [0.5, 0.6) is 0 Å². The van der Waals surface area contributed by atoms with Crippen LogP contribution in [-0.2, 0) is 0 Å². The minimum Gasteiger partial charge on any atom is -0.390 e. The lowest BCUT2D eigenvalue weighted by Gasteiger charge is -2.27. The van der Waals surface area contributed by atoms with Crippen LogP contribution >= 0.6 is 0 Å². The van der Waals surface area contributed by atoms with E-state index < -0.39 is 6.10 Å². The zero-order chi connectivity index (χ0) is 21.4. The average molecular weight is 419 g/mol. The molecule has 5 heterocycles. The van der Waals surface area contributed by atoms with Crippen molar-refractivity contribution in [2.24, 2.45) is 0 Å². The largest absolute Gasteiger partial charge is 0.390 e. The predicted octanol–water partition coefficient (Wildman–Crippen LogP) is 1.79. The van der Waals surface area contributed by atoms with Gasteiger partial charge < -0.3 is 15.7 Å². The molecule has 2 atom stereocenters. The van der Waals surface area contributed by atoms with Crippen molar-refractivity contribution in [3.05, 3.63) is 43.2 Å². The number of hydrogen-bond donors (Lipinski definition) is 3. The Kier molecular flexibility index (Phi) is 5.08. The van der Waals surface area contributed by atoms with Gasteiger partial charge >= 0.3 is 0 Å². The number of anilines is 1. The molecule has 10 heteroatoms.